The minimum atomic E-state index is -1.38. The lowest BCUT2D eigenvalue weighted by Gasteiger charge is -2.50. The summed E-state index contributed by atoms with van der Waals surface area (Å²) >= 11 is 0. The molecule has 0 saturated heterocycles. The Morgan fingerprint density at radius 2 is 1.52 bits per heavy atom. The third-order valence-electron chi connectivity index (χ3n) is 6.94. The van der Waals surface area contributed by atoms with Gasteiger partial charge in [-0.05, 0) is 41.5 Å². The number of aliphatic carboxylic acids is 1. The smallest absolute Gasteiger partial charge is 0.313 e. The number of anilines is 1. The summed E-state index contributed by atoms with van der Waals surface area (Å²) in [7, 11) is 5.32. The largest absolute Gasteiger partial charge is 0.481 e. The SMILES string of the molecule is COCC(CC(=O)NCCCNC(=O)c1ccc(N(C)C)cc1)(C(=O)O)C(C)(C)C(C)(C)C. The maximum Gasteiger partial charge on any atom is 0.313 e. The average molecular weight is 464 g/mol. The number of nitrogens with zero attached hydrogens (tertiary/aromatic N) is 1. The molecule has 0 saturated carbocycles. The van der Waals surface area contributed by atoms with Crippen LogP contribution in [-0.4, -0.2) is 63.8 Å². The van der Waals surface area contributed by atoms with Gasteiger partial charge in [0.05, 0.1) is 6.61 Å². The van der Waals surface area contributed by atoms with E-state index in [4.69, 9.17) is 4.74 Å². The van der Waals surface area contributed by atoms with Gasteiger partial charge in [0.25, 0.3) is 5.91 Å². The van der Waals surface area contributed by atoms with Crippen LogP contribution in [0.1, 0.15) is 57.8 Å². The van der Waals surface area contributed by atoms with Gasteiger partial charge in [-0.25, -0.2) is 0 Å². The molecule has 1 aromatic carbocycles. The van der Waals surface area contributed by atoms with E-state index in [1.165, 1.54) is 7.11 Å². The average Bonchev–Trinajstić information content (AvgIpc) is 2.71. The van der Waals surface area contributed by atoms with Crippen LogP contribution in [0.3, 0.4) is 0 Å². The molecular formula is C25H41N3O5. The molecule has 0 fully saturated rings. The molecule has 0 heterocycles. The topological polar surface area (TPSA) is 108 Å². The summed E-state index contributed by atoms with van der Waals surface area (Å²) in [6, 6.07) is 7.29. The first kappa shape index (κ1) is 28.4. The van der Waals surface area contributed by atoms with E-state index in [1.807, 2.05) is 65.7 Å². The van der Waals surface area contributed by atoms with Crippen LogP contribution in [0, 0.1) is 16.2 Å². The Hall–Kier alpha value is -2.61. The predicted octanol–water partition coefficient (Wildman–Crippen LogP) is 3.17. The third kappa shape index (κ3) is 6.93. The minimum Gasteiger partial charge on any atom is -0.481 e. The lowest BCUT2D eigenvalue weighted by Crippen LogP contribution is -2.55. The van der Waals surface area contributed by atoms with Crippen molar-refractivity contribution in [3.05, 3.63) is 29.8 Å². The summed E-state index contributed by atoms with van der Waals surface area (Å²) in [5.41, 5.74) is -0.902. The van der Waals surface area contributed by atoms with Crippen molar-refractivity contribution >= 4 is 23.5 Å². The highest BCUT2D eigenvalue weighted by molar-refractivity contribution is 5.94. The van der Waals surface area contributed by atoms with Crippen molar-refractivity contribution in [2.45, 2.75) is 47.5 Å². The zero-order valence-corrected chi connectivity index (χ0v) is 21.4. The van der Waals surface area contributed by atoms with E-state index < -0.39 is 16.8 Å². The van der Waals surface area contributed by atoms with E-state index in [0.717, 1.165) is 5.69 Å². The van der Waals surface area contributed by atoms with E-state index in [1.54, 1.807) is 12.1 Å². The highest BCUT2D eigenvalue weighted by Gasteiger charge is 2.57. The van der Waals surface area contributed by atoms with Crippen molar-refractivity contribution in [1.29, 1.82) is 0 Å². The quantitative estimate of drug-likeness (QED) is 0.411. The molecule has 8 nitrogen and oxygen atoms in total. The molecule has 1 rings (SSSR count). The van der Waals surface area contributed by atoms with Gasteiger partial charge in [-0.3, -0.25) is 14.4 Å². The lowest BCUT2D eigenvalue weighted by molar-refractivity contribution is -0.175. The molecule has 0 spiro atoms. The predicted molar refractivity (Wildman–Crippen MR) is 131 cm³/mol. The fourth-order valence-electron chi connectivity index (χ4n) is 3.69. The fourth-order valence-corrected chi connectivity index (χ4v) is 3.69. The number of carbonyl (C=O) groups excluding carboxylic acids is 2. The normalized spacial score (nSPS) is 13.7. The summed E-state index contributed by atoms with van der Waals surface area (Å²) < 4.78 is 5.27. The first-order valence-electron chi connectivity index (χ1n) is 11.2. The number of carboxylic acids is 1. The molecule has 0 aliphatic heterocycles. The molecule has 0 radical (unpaired) electrons. The van der Waals surface area contributed by atoms with E-state index in [2.05, 4.69) is 10.6 Å². The van der Waals surface area contributed by atoms with Gasteiger partial charge >= 0.3 is 5.97 Å². The van der Waals surface area contributed by atoms with E-state index >= 15 is 0 Å². The van der Waals surface area contributed by atoms with Crippen LogP contribution >= 0.6 is 0 Å². The molecule has 1 aromatic rings. The Morgan fingerprint density at radius 1 is 0.970 bits per heavy atom. The number of ether oxygens (including phenoxy) is 1. The van der Waals surface area contributed by atoms with Gasteiger partial charge in [0, 0.05) is 52.0 Å². The number of hydrogen-bond acceptors (Lipinski definition) is 5. The summed E-state index contributed by atoms with van der Waals surface area (Å²) in [4.78, 5) is 39.3. The summed E-state index contributed by atoms with van der Waals surface area (Å²) in [6.45, 7) is 10.3. The van der Waals surface area contributed by atoms with Gasteiger partial charge < -0.3 is 25.4 Å². The monoisotopic (exact) mass is 463 g/mol. The van der Waals surface area contributed by atoms with E-state index in [-0.39, 0.29) is 30.3 Å². The number of amides is 2. The van der Waals surface area contributed by atoms with Gasteiger partial charge in [0.2, 0.25) is 5.91 Å². The molecule has 33 heavy (non-hydrogen) atoms. The zero-order chi connectivity index (χ0) is 25.4. The van der Waals surface area contributed by atoms with E-state index in [0.29, 0.717) is 25.1 Å². The molecule has 8 heteroatoms. The standard InChI is InChI=1S/C25H41N3O5/c1-23(2,3)24(4,5)25(17-33-8,22(31)32)16-20(29)26-14-9-15-27-21(30)18-10-12-19(13-11-18)28(6)7/h10-13H,9,14-17H2,1-8H3,(H,26,29)(H,27,30)(H,31,32). The van der Waals surface area contributed by atoms with Gasteiger partial charge in [0.15, 0.2) is 0 Å². The Balaban J connectivity index is 2.64. The van der Waals surface area contributed by atoms with Gasteiger partial charge in [-0.2, -0.15) is 0 Å². The zero-order valence-electron chi connectivity index (χ0n) is 21.4. The molecule has 1 atom stereocenters. The second kappa shape index (κ2) is 11.5. The molecule has 0 aromatic heterocycles. The molecule has 0 bridgehead atoms. The van der Waals surface area contributed by atoms with Crippen LogP contribution in [0.25, 0.3) is 0 Å². The van der Waals surface area contributed by atoms with Crippen LogP contribution < -0.4 is 15.5 Å². The summed E-state index contributed by atoms with van der Waals surface area (Å²) in [5.74, 6) is -1.58. The number of carbonyl (C=O) groups is 3. The molecule has 2 amide bonds. The van der Waals surface area contributed by atoms with Crippen molar-refractivity contribution in [3.8, 4) is 0 Å². The number of benzene rings is 1. The molecule has 186 valence electrons. The van der Waals surface area contributed by atoms with Crippen LogP contribution in [0.4, 0.5) is 5.69 Å². The lowest BCUT2D eigenvalue weighted by atomic mass is 9.53. The first-order chi connectivity index (χ1) is 15.2. The second-order valence-electron chi connectivity index (χ2n) is 10.3. The van der Waals surface area contributed by atoms with Crippen LogP contribution in [0.5, 0.6) is 0 Å². The Kier molecular flexibility index (Phi) is 9.90. The molecule has 1 unspecified atom stereocenters. The highest BCUT2D eigenvalue weighted by atomic mass is 16.5. The van der Waals surface area contributed by atoms with Crippen LogP contribution in [0.2, 0.25) is 0 Å². The number of carboxylic acid groups (broad SMARTS) is 1. The third-order valence-corrected chi connectivity index (χ3v) is 6.94. The van der Waals surface area contributed by atoms with Gasteiger partial charge in [-0.1, -0.05) is 34.6 Å². The van der Waals surface area contributed by atoms with Crippen molar-refractivity contribution in [3.63, 3.8) is 0 Å². The number of hydrogen-bond donors (Lipinski definition) is 3. The maximum absolute atomic E-state index is 12.7. The van der Waals surface area contributed by atoms with Crippen molar-refractivity contribution in [2.75, 3.05) is 45.8 Å². The first-order valence-corrected chi connectivity index (χ1v) is 11.2. The van der Waals surface area contributed by atoms with E-state index in [9.17, 15) is 19.5 Å². The highest BCUT2D eigenvalue weighted by Crippen LogP contribution is 2.53. The van der Waals surface area contributed by atoms with Crippen molar-refractivity contribution in [1.82, 2.24) is 10.6 Å². The molecule has 0 aliphatic rings. The number of rotatable bonds is 12. The molecule has 3 N–H and O–H groups in total. The van der Waals surface area contributed by atoms with Crippen LogP contribution in [0.15, 0.2) is 24.3 Å². The minimum absolute atomic E-state index is 0.0668. The summed E-state index contributed by atoms with van der Waals surface area (Å²) in [6.07, 6.45) is 0.339. The van der Waals surface area contributed by atoms with Gasteiger partial charge in [0.1, 0.15) is 5.41 Å². The van der Waals surface area contributed by atoms with Crippen molar-refractivity contribution in [2.24, 2.45) is 16.2 Å². The Labute approximate surface area is 198 Å². The Morgan fingerprint density at radius 3 is 1.97 bits per heavy atom. The molecular weight excluding hydrogens is 422 g/mol. The second-order valence-corrected chi connectivity index (χ2v) is 10.3. The fraction of sp³-hybridized carbons (Fsp3) is 0.640. The Bertz CT molecular complexity index is 812. The number of methoxy groups -OCH3 is 1. The molecule has 0 aliphatic carbocycles. The summed E-state index contributed by atoms with van der Waals surface area (Å²) in [5, 5.41) is 15.7. The van der Waals surface area contributed by atoms with Crippen LogP contribution in [-0.2, 0) is 14.3 Å². The maximum atomic E-state index is 12.7. The van der Waals surface area contributed by atoms with Crippen molar-refractivity contribution < 1.29 is 24.2 Å². The number of nitrogens with one attached hydrogen (secondary N) is 2. The van der Waals surface area contributed by atoms with Gasteiger partial charge in [-0.15, -0.1) is 0 Å².